The zero-order valence-electron chi connectivity index (χ0n) is 5.71. The van der Waals surface area contributed by atoms with Crippen LogP contribution < -0.4 is 0 Å². The Morgan fingerprint density at radius 3 is 2.00 bits per heavy atom. The zero-order chi connectivity index (χ0) is 7.82. The van der Waals surface area contributed by atoms with Crippen LogP contribution in [0.1, 0.15) is 5.56 Å². The minimum absolute atomic E-state index is 0.715. The normalized spacial score (nSPS) is 6.90. The molecule has 52 valence electrons. The zero-order valence-corrected chi connectivity index (χ0v) is 7.30. The average molecular weight is 198 g/mol. The third-order valence-electron chi connectivity index (χ3n) is 0.903. The Morgan fingerprint density at radius 1 is 1.20 bits per heavy atom. The van der Waals surface area contributed by atoms with Gasteiger partial charge in [0, 0.05) is 0 Å². The fraction of sp³-hybridized carbons (Fsp3) is 0.125. The SMILES string of the molecule is CBr.N#Cc1ccccc1. The van der Waals surface area contributed by atoms with Gasteiger partial charge in [0.2, 0.25) is 0 Å². The van der Waals surface area contributed by atoms with Gasteiger partial charge in [-0.2, -0.15) is 5.26 Å². The van der Waals surface area contributed by atoms with Gasteiger partial charge in [-0.15, -0.1) is 0 Å². The molecule has 0 bridgehead atoms. The fourth-order valence-corrected chi connectivity index (χ4v) is 0.513. The van der Waals surface area contributed by atoms with Gasteiger partial charge in [-0.05, 0) is 18.0 Å². The van der Waals surface area contributed by atoms with Crippen molar-refractivity contribution >= 4 is 15.9 Å². The monoisotopic (exact) mass is 197 g/mol. The van der Waals surface area contributed by atoms with Crippen molar-refractivity contribution in [3.63, 3.8) is 0 Å². The predicted octanol–water partition coefficient (Wildman–Crippen LogP) is 2.57. The maximum Gasteiger partial charge on any atom is 0.0991 e. The summed E-state index contributed by atoms with van der Waals surface area (Å²) < 4.78 is 0. The molecular formula is C8H8BrN. The molecule has 0 aliphatic carbocycles. The molecule has 0 saturated carbocycles. The van der Waals surface area contributed by atoms with Crippen LogP contribution in [-0.2, 0) is 0 Å². The molecule has 1 rings (SSSR count). The van der Waals surface area contributed by atoms with E-state index in [1.807, 2.05) is 30.1 Å². The van der Waals surface area contributed by atoms with E-state index in [-0.39, 0.29) is 0 Å². The quantitative estimate of drug-likeness (QED) is 0.587. The summed E-state index contributed by atoms with van der Waals surface area (Å²) in [6, 6.07) is 11.2. The largest absolute Gasteiger partial charge is 0.192 e. The Bertz CT molecular complexity index is 200. The molecule has 0 N–H and O–H groups in total. The summed E-state index contributed by atoms with van der Waals surface area (Å²) in [6.07, 6.45) is 0. The average Bonchev–Trinajstić information content (AvgIpc) is 2.10. The van der Waals surface area contributed by atoms with Gasteiger partial charge < -0.3 is 0 Å². The lowest BCUT2D eigenvalue weighted by Gasteiger charge is -1.80. The van der Waals surface area contributed by atoms with E-state index in [4.69, 9.17) is 5.26 Å². The molecule has 0 aliphatic heterocycles. The second kappa shape index (κ2) is 6.31. The Morgan fingerprint density at radius 2 is 1.70 bits per heavy atom. The third-order valence-corrected chi connectivity index (χ3v) is 0.903. The Balaban J connectivity index is 0.000000371. The smallest absolute Gasteiger partial charge is 0.0991 e. The van der Waals surface area contributed by atoms with Crippen LogP contribution >= 0.6 is 15.9 Å². The highest BCUT2D eigenvalue weighted by atomic mass is 79.9. The van der Waals surface area contributed by atoms with Crippen LogP contribution in [0.15, 0.2) is 30.3 Å². The summed E-state index contributed by atoms with van der Waals surface area (Å²) in [4.78, 5) is 0. The lowest BCUT2D eigenvalue weighted by atomic mass is 10.2. The molecular weight excluding hydrogens is 190 g/mol. The van der Waals surface area contributed by atoms with Gasteiger partial charge in [0.25, 0.3) is 0 Å². The van der Waals surface area contributed by atoms with E-state index in [0.717, 1.165) is 0 Å². The van der Waals surface area contributed by atoms with Gasteiger partial charge in [0.15, 0.2) is 0 Å². The molecule has 0 spiro atoms. The van der Waals surface area contributed by atoms with Crippen molar-refractivity contribution in [1.29, 1.82) is 5.26 Å². The molecule has 0 fully saturated rings. The highest BCUT2D eigenvalue weighted by molar-refractivity contribution is 9.08. The first-order valence-corrected chi connectivity index (χ1v) is 4.35. The molecule has 2 heteroatoms. The molecule has 0 aromatic heterocycles. The molecule has 0 atom stereocenters. The van der Waals surface area contributed by atoms with Crippen molar-refractivity contribution in [2.45, 2.75) is 0 Å². The lowest BCUT2D eigenvalue weighted by molar-refractivity contribution is 1.49. The lowest BCUT2D eigenvalue weighted by Crippen LogP contribution is -1.66. The molecule has 0 amide bonds. The van der Waals surface area contributed by atoms with E-state index >= 15 is 0 Å². The van der Waals surface area contributed by atoms with Gasteiger partial charge in [-0.1, -0.05) is 34.1 Å². The highest BCUT2D eigenvalue weighted by Crippen LogP contribution is 1.92. The van der Waals surface area contributed by atoms with Crippen LogP contribution in [0.4, 0.5) is 0 Å². The molecule has 0 radical (unpaired) electrons. The van der Waals surface area contributed by atoms with E-state index < -0.39 is 0 Å². The highest BCUT2D eigenvalue weighted by Gasteiger charge is 1.79. The van der Waals surface area contributed by atoms with Crippen molar-refractivity contribution < 1.29 is 0 Å². The summed E-state index contributed by atoms with van der Waals surface area (Å²) in [6.45, 7) is 0. The molecule has 1 aromatic carbocycles. The number of hydrogen-bond donors (Lipinski definition) is 0. The predicted molar refractivity (Wildman–Crippen MR) is 46.0 cm³/mol. The second-order valence-electron chi connectivity index (χ2n) is 1.48. The minimum Gasteiger partial charge on any atom is -0.192 e. The van der Waals surface area contributed by atoms with Crippen LogP contribution in [0.5, 0.6) is 0 Å². The number of benzene rings is 1. The first-order chi connectivity index (χ1) is 4.93. The fourth-order valence-electron chi connectivity index (χ4n) is 0.513. The van der Waals surface area contributed by atoms with Crippen LogP contribution in [0.2, 0.25) is 0 Å². The van der Waals surface area contributed by atoms with E-state index in [2.05, 4.69) is 15.9 Å². The summed E-state index contributed by atoms with van der Waals surface area (Å²) in [7, 11) is 0. The number of hydrogen-bond acceptors (Lipinski definition) is 1. The van der Waals surface area contributed by atoms with Crippen molar-refractivity contribution in [3.8, 4) is 6.07 Å². The Hall–Kier alpha value is -0.810. The van der Waals surface area contributed by atoms with Crippen LogP contribution in [0.25, 0.3) is 0 Å². The molecule has 0 saturated heterocycles. The molecule has 0 aliphatic rings. The number of halogens is 1. The standard InChI is InChI=1S/C7H5N.CH3Br/c8-6-7-4-2-1-3-5-7;1-2/h1-5H;1H3. The van der Waals surface area contributed by atoms with Gasteiger partial charge in [0.05, 0.1) is 11.6 Å². The summed E-state index contributed by atoms with van der Waals surface area (Å²) in [5.41, 5.74) is 0.715. The molecule has 1 aromatic rings. The maximum atomic E-state index is 8.29. The molecule has 0 unspecified atom stereocenters. The van der Waals surface area contributed by atoms with E-state index in [1.165, 1.54) is 0 Å². The van der Waals surface area contributed by atoms with E-state index in [9.17, 15) is 0 Å². The number of alkyl halides is 1. The van der Waals surface area contributed by atoms with Crippen molar-refractivity contribution in [2.24, 2.45) is 0 Å². The van der Waals surface area contributed by atoms with Crippen LogP contribution in [-0.4, -0.2) is 5.83 Å². The van der Waals surface area contributed by atoms with Crippen LogP contribution in [0.3, 0.4) is 0 Å². The number of nitriles is 1. The van der Waals surface area contributed by atoms with E-state index in [0.29, 0.717) is 5.56 Å². The minimum atomic E-state index is 0.715. The molecule has 10 heavy (non-hydrogen) atoms. The third kappa shape index (κ3) is 3.26. The Labute approximate surface area is 69.4 Å². The molecule has 1 nitrogen and oxygen atoms in total. The summed E-state index contributed by atoms with van der Waals surface area (Å²) in [5, 5.41) is 8.29. The Kier molecular flexibility index (Phi) is 5.80. The van der Waals surface area contributed by atoms with Crippen LogP contribution in [0, 0.1) is 11.3 Å². The van der Waals surface area contributed by atoms with Gasteiger partial charge in [-0.25, -0.2) is 0 Å². The number of nitrogens with zero attached hydrogens (tertiary/aromatic N) is 1. The number of rotatable bonds is 0. The summed E-state index contributed by atoms with van der Waals surface area (Å²) >= 11 is 2.94. The second-order valence-corrected chi connectivity index (χ2v) is 1.48. The van der Waals surface area contributed by atoms with Crippen molar-refractivity contribution in [3.05, 3.63) is 35.9 Å². The summed E-state index contributed by atoms with van der Waals surface area (Å²) in [5.74, 6) is 1.81. The maximum absolute atomic E-state index is 8.29. The van der Waals surface area contributed by atoms with Gasteiger partial charge in [0.1, 0.15) is 0 Å². The first kappa shape index (κ1) is 9.19. The van der Waals surface area contributed by atoms with Gasteiger partial charge in [-0.3, -0.25) is 0 Å². The van der Waals surface area contributed by atoms with Crippen molar-refractivity contribution in [1.82, 2.24) is 0 Å². The van der Waals surface area contributed by atoms with Gasteiger partial charge >= 0.3 is 0 Å². The first-order valence-electron chi connectivity index (χ1n) is 2.76. The topological polar surface area (TPSA) is 23.8 Å². The van der Waals surface area contributed by atoms with Crippen molar-refractivity contribution in [2.75, 3.05) is 5.83 Å². The molecule has 0 heterocycles. The van der Waals surface area contributed by atoms with E-state index in [1.54, 1.807) is 12.1 Å².